The first-order chi connectivity index (χ1) is 9.35. The summed E-state index contributed by atoms with van der Waals surface area (Å²) in [4.78, 5) is 2.39. The van der Waals surface area contributed by atoms with Gasteiger partial charge in [-0.3, -0.25) is 14.3 Å². The molecule has 0 radical (unpaired) electrons. The lowest BCUT2D eigenvalue weighted by Gasteiger charge is -2.15. The van der Waals surface area contributed by atoms with Crippen molar-refractivity contribution >= 4 is 0 Å². The molecule has 2 aromatic heterocycles. The Morgan fingerprint density at radius 1 is 1.42 bits per heavy atom. The van der Waals surface area contributed by atoms with E-state index >= 15 is 0 Å². The normalized spacial score (nSPS) is 19.6. The number of nitriles is 1. The van der Waals surface area contributed by atoms with E-state index in [1.807, 2.05) is 21.8 Å². The number of nitrogens with zero attached hydrogens (tertiary/aromatic N) is 7. The molecule has 0 amide bonds. The minimum atomic E-state index is 0.373. The standard InChI is InChI=1S/C12H15N7/c13-7-11-8-15-19(9-11)12-1-3-17(10-12)5-6-18-4-2-14-16-18/h2,4,8-9,12H,1,3,5-6,10H2. The van der Waals surface area contributed by atoms with Gasteiger partial charge in [-0.1, -0.05) is 5.21 Å². The van der Waals surface area contributed by atoms with Gasteiger partial charge in [0.15, 0.2) is 0 Å². The van der Waals surface area contributed by atoms with Gasteiger partial charge in [0.05, 0.1) is 30.5 Å². The average Bonchev–Trinajstić information content (AvgIpc) is 3.16. The van der Waals surface area contributed by atoms with E-state index in [9.17, 15) is 0 Å². The van der Waals surface area contributed by atoms with Gasteiger partial charge in [-0.2, -0.15) is 10.4 Å². The second-order valence-corrected chi connectivity index (χ2v) is 4.73. The van der Waals surface area contributed by atoms with Crippen molar-refractivity contribution < 1.29 is 0 Å². The Labute approximate surface area is 111 Å². The van der Waals surface area contributed by atoms with E-state index in [0.29, 0.717) is 11.6 Å². The smallest absolute Gasteiger partial charge is 0.102 e. The summed E-state index contributed by atoms with van der Waals surface area (Å²) in [5.41, 5.74) is 0.626. The summed E-state index contributed by atoms with van der Waals surface area (Å²) in [7, 11) is 0. The molecule has 98 valence electrons. The van der Waals surface area contributed by atoms with Gasteiger partial charge < -0.3 is 0 Å². The van der Waals surface area contributed by atoms with E-state index in [0.717, 1.165) is 32.6 Å². The van der Waals surface area contributed by atoms with Crippen LogP contribution in [0.1, 0.15) is 18.0 Å². The van der Waals surface area contributed by atoms with E-state index in [-0.39, 0.29) is 0 Å². The van der Waals surface area contributed by atoms with Crippen LogP contribution in [0, 0.1) is 11.3 Å². The minimum Gasteiger partial charge on any atom is -0.299 e. The van der Waals surface area contributed by atoms with Crippen molar-refractivity contribution in [2.45, 2.75) is 19.0 Å². The van der Waals surface area contributed by atoms with Gasteiger partial charge in [0.25, 0.3) is 0 Å². The fourth-order valence-electron chi connectivity index (χ4n) is 2.42. The van der Waals surface area contributed by atoms with Gasteiger partial charge in [-0.05, 0) is 6.42 Å². The van der Waals surface area contributed by atoms with E-state index in [4.69, 9.17) is 5.26 Å². The zero-order chi connectivity index (χ0) is 13.1. The molecule has 0 saturated carbocycles. The SMILES string of the molecule is N#Cc1cnn(C2CCN(CCn3ccnn3)C2)c1. The first kappa shape index (κ1) is 11.9. The number of hydrogen-bond acceptors (Lipinski definition) is 5. The van der Waals surface area contributed by atoms with Crippen LogP contribution < -0.4 is 0 Å². The van der Waals surface area contributed by atoms with Crippen molar-refractivity contribution in [1.29, 1.82) is 5.26 Å². The molecule has 1 saturated heterocycles. The molecule has 3 rings (SSSR count). The highest BCUT2D eigenvalue weighted by molar-refractivity contribution is 5.22. The van der Waals surface area contributed by atoms with E-state index in [1.54, 1.807) is 12.4 Å². The zero-order valence-corrected chi connectivity index (χ0v) is 10.6. The second-order valence-electron chi connectivity index (χ2n) is 4.73. The van der Waals surface area contributed by atoms with E-state index < -0.39 is 0 Å². The van der Waals surface area contributed by atoms with Crippen LogP contribution in [0.5, 0.6) is 0 Å². The third kappa shape index (κ3) is 2.63. The number of aromatic nitrogens is 5. The Hall–Kier alpha value is -2.20. The molecule has 2 aromatic rings. The summed E-state index contributed by atoms with van der Waals surface area (Å²) in [6.45, 7) is 3.85. The Balaban J connectivity index is 1.54. The van der Waals surface area contributed by atoms with Crippen LogP contribution in [0.25, 0.3) is 0 Å². The van der Waals surface area contributed by atoms with Crippen molar-refractivity contribution in [3.05, 3.63) is 30.4 Å². The first-order valence-electron chi connectivity index (χ1n) is 6.36. The molecule has 0 aromatic carbocycles. The van der Waals surface area contributed by atoms with Crippen LogP contribution in [-0.2, 0) is 6.54 Å². The molecular formula is C12H15N7. The quantitative estimate of drug-likeness (QED) is 0.787. The molecule has 0 N–H and O–H groups in total. The van der Waals surface area contributed by atoms with Gasteiger partial charge in [0, 0.05) is 32.0 Å². The molecular weight excluding hydrogens is 242 g/mol. The summed E-state index contributed by atoms with van der Waals surface area (Å²) in [5, 5.41) is 20.8. The lowest BCUT2D eigenvalue weighted by atomic mass is 10.3. The van der Waals surface area contributed by atoms with Gasteiger partial charge in [0.1, 0.15) is 6.07 Å². The molecule has 0 spiro atoms. The second kappa shape index (κ2) is 5.20. The molecule has 0 bridgehead atoms. The maximum absolute atomic E-state index is 8.81. The van der Waals surface area contributed by atoms with Crippen molar-refractivity contribution in [2.24, 2.45) is 0 Å². The number of rotatable bonds is 4. The molecule has 3 heterocycles. The Bertz CT molecular complexity index is 565. The van der Waals surface area contributed by atoms with Crippen LogP contribution in [0.2, 0.25) is 0 Å². The van der Waals surface area contributed by atoms with Crippen molar-refractivity contribution in [3.8, 4) is 6.07 Å². The van der Waals surface area contributed by atoms with Gasteiger partial charge >= 0.3 is 0 Å². The summed E-state index contributed by atoms with van der Waals surface area (Å²) in [6.07, 6.45) is 8.09. The average molecular weight is 257 g/mol. The Morgan fingerprint density at radius 2 is 2.37 bits per heavy atom. The fraction of sp³-hybridized carbons (Fsp3) is 0.500. The largest absolute Gasteiger partial charge is 0.299 e. The van der Waals surface area contributed by atoms with Crippen molar-refractivity contribution in [2.75, 3.05) is 19.6 Å². The highest BCUT2D eigenvalue weighted by Gasteiger charge is 2.24. The molecule has 19 heavy (non-hydrogen) atoms. The van der Waals surface area contributed by atoms with Gasteiger partial charge in [0.2, 0.25) is 0 Å². The summed E-state index contributed by atoms with van der Waals surface area (Å²) >= 11 is 0. The summed E-state index contributed by atoms with van der Waals surface area (Å²) in [6, 6.07) is 2.48. The molecule has 1 fully saturated rings. The monoisotopic (exact) mass is 257 g/mol. The maximum atomic E-state index is 8.81. The summed E-state index contributed by atoms with van der Waals surface area (Å²) < 4.78 is 3.75. The van der Waals surface area contributed by atoms with Crippen LogP contribution in [-0.4, -0.2) is 49.3 Å². The van der Waals surface area contributed by atoms with Crippen LogP contribution in [0.3, 0.4) is 0 Å². The van der Waals surface area contributed by atoms with Crippen LogP contribution in [0.4, 0.5) is 0 Å². The molecule has 1 aliphatic heterocycles. The highest BCUT2D eigenvalue weighted by Crippen LogP contribution is 2.20. The van der Waals surface area contributed by atoms with Crippen LogP contribution in [0.15, 0.2) is 24.8 Å². The molecule has 7 nitrogen and oxygen atoms in total. The van der Waals surface area contributed by atoms with Crippen molar-refractivity contribution in [1.82, 2.24) is 29.7 Å². The molecule has 1 aliphatic rings. The Kier molecular flexibility index (Phi) is 3.25. The van der Waals surface area contributed by atoms with Crippen LogP contribution >= 0.6 is 0 Å². The predicted molar refractivity (Wildman–Crippen MR) is 67.1 cm³/mol. The number of hydrogen-bond donors (Lipinski definition) is 0. The molecule has 1 unspecified atom stereocenters. The summed E-state index contributed by atoms with van der Waals surface area (Å²) in [5.74, 6) is 0. The lowest BCUT2D eigenvalue weighted by Crippen LogP contribution is -2.26. The Morgan fingerprint density at radius 3 is 3.11 bits per heavy atom. The predicted octanol–water partition coefficient (Wildman–Crippen LogP) is 0.293. The maximum Gasteiger partial charge on any atom is 0.102 e. The highest BCUT2D eigenvalue weighted by atomic mass is 15.4. The topological polar surface area (TPSA) is 75.6 Å². The van der Waals surface area contributed by atoms with E-state index in [2.05, 4.69) is 26.4 Å². The third-order valence-corrected chi connectivity index (χ3v) is 3.47. The third-order valence-electron chi connectivity index (χ3n) is 3.47. The molecule has 1 atom stereocenters. The van der Waals surface area contributed by atoms with Crippen molar-refractivity contribution in [3.63, 3.8) is 0 Å². The van der Waals surface area contributed by atoms with Gasteiger partial charge in [-0.15, -0.1) is 5.10 Å². The minimum absolute atomic E-state index is 0.373. The van der Waals surface area contributed by atoms with E-state index in [1.165, 1.54) is 0 Å². The molecule has 7 heteroatoms. The van der Waals surface area contributed by atoms with Gasteiger partial charge in [-0.25, -0.2) is 0 Å². The molecule has 0 aliphatic carbocycles. The lowest BCUT2D eigenvalue weighted by molar-refractivity contribution is 0.298. The zero-order valence-electron chi connectivity index (χ0n) is 10.6. The first-order valence-corrected chi connectivity index (χ1v) is 6.36. The fourth-order valence-corrected chi connectivity index (χ4v) is 2.42. The number of likely N-dealkylation sites (tertiary alicyclic amines) is 1.